The van der Waals surface area contributed by atoms with Gasteiger partial charge in [-0.25, -0.2) is 0 Å². The molecule has 0 saturated carbocycles. The predicted molar refractivity (Wildman–Crippen MR) is 378 cm³/mol. The van der Waals surface area contributed by atoms with Crippen LogP contribution in [0.4, 0.5) is 0 Å². The van der Waals surface area contributed by atoms with Gasteiger partial charge < -0.3 is 40.3 Å². The summed E-state index contributed by atoms with van der Waals surface area (Å²) in [6, 6.07) is -0.822. The zero-order valence-electron chi connectivity index (χ0n) is 58.5. The number of nitrogens with one attached hydrogen (secondary N) is 1. The van der Waals surface area contributed by atoms with Gasteiger partial charge in [0, 0.05) is 6.42 Å². The van der Waals surface area contributed by atoms with Crippen molar-refractivity contribution >= 4 is 5.91 Å². The number of amides is 1. The molecule has 9 nitrogen and oxygen atoms in total. The Labute approximate surface area is 546 Å². The highest BCUT2D eigenvalue weighted by atomic mass is 16.7. The van der Waals surface area contributed by atoms with E-state index in [0.29, 0.717) is 6.42 Å². The monoisotopic (exact) mass is 1240 g/mol. The second kappa shape index (κ2) is 68.3. The van der Waals surface area contributed by atoms with Gasteiger partial charge in [-0.1, -0.05) is 378 Å². The first-order valence-electron chi connectivity index (χ1n) is 39.2. The third-order valence-corrected chi connectivity index (χ3v) is 18.9. The highest BCUT2D eigenvalue weighted by Crippen LogP contribution is 2.24. The van der Waals surface area contributed by atoms with Crippen molar-refractivity contribution in [1.82, 2.24) is 5.32 Å². The van der Waals surface area contributed by atoms with Crippen LogP contribution in [0, 0.1) is 0 Å². The highest BCUT2D eigenvalue weighted by molar-refractivity contribution is 5.76. The molecule has 88 heavy (non-hydrogen) atoms. The molecule has 1 aliphatic heterocycles. The van der Waals surface area contributed by atoms with Crippen molar-refractivity contribution in [3.63, 3.8) is 0 Å². The minimum absolute atomic E-state index is 0.178. The van der Waals surface area contributed by atoms with Crippen LogP contribution in [-0.4, -0.2) is 87.5 Å². The molecule has 0 aromatic rings. The Kier molecular flexibility index (Phi) is 65.5. The first-order chi connectivity index (χ1) is 43.3. The molecule has 0 aromatic heterocycles. The number of carbonyl (C=O) groups excluding carboxylic acids is 1. The fourth-order valence-corrected chi connectivity index (χ4v) is 12.8. The molecule has 0 aliphatic carbocycles. The van der Waals surface area contributed by atoms with Gasteiger partial charge in [0.2, 0.25) is 5.91 Å². The maximum absolute atomic E-state index is 13.2. The largest absolute Gasteiger partial charge is 0.394 e. The lowest BCUT2D eigenvalue weighted by Crippen LogP contribution is -2.60. The SMILES string of the molecule is CCCCCCCCCC/C=C\CCCCCCCCCCCCCCCCCCCCCCCC(=O)NC(COC1OC(CO)C(O)C(O)C1O)C(O)/C=C/CC/C=C/CCCCCCCCCCCCCCCCCCCCCCCCCCCC. The Morgan fingerprint density at radius 2 is 0.648 bits per heavy atom. The van der Waals surface area contributed by atoms with Gasteiger partial charge in [-0.05, 0) is 57.8 Å². The summed E-state index contributed by atoms with van der Waals surface area (Å²) in [5, 5.41) is 54.9. The summed E-state index contributed by atoms with van der Waals surface area (Å²) in [6.07, 6.45) is 85.8. The van der Waals surface area contributed by atoms with Crippen LogP contribution >= 0.6 is 0 Å². The van der Waals surface area contributed by atoms with Crippen molar-refractivity contribution in [2.24, 2.45) is 0 Å². The molecule has 1 rings (SSSR count). The number of carbonyl (C=O) groups is 1. The first-order valence-corrected chi connectivity index (χ1v) is 39.2. The normalized spacial score (nSPS) is 18.0. The fourth-order valence-electron chi connectivity index (χ4n) is 12.8. The molecule has 0 bridgehead atoms. The van der Waals surface area contributed by atoms with E-state index < -0.39 is 49.5 Å². The van der Waals surface area contributed by atoms with Gasteiger partial charge in [0.25, 0.3) is 0 Å². The van der Waals surface area contributed by atoms with Crippen LogP contribution in [-0.2, 0) is 14.3 Å². The van der Waals surface area contributed by atoms with E-state index >= 15 is 0 Å². The fraction of sp³-hybridized carbons (Fsp3) is 0.911. The van der Waals surface area contributed by atoms with Gasteiger partial charge in [-0.2, -0.15) is 0 Å². The summed E-state index contributed by atoms with van der Waals surface area (Å²) in [7, 11) is 0. The Hall–Kier alpha value is -1.59. The minimum atomic E-state index is -1.57. The highest BCUT2D eigenvalue weighted by Gasteiger charge is 2.44. The molecule has 0 aromatic carbocycles. The van der Waals surface area contributed by atoms with Crippen LogP contribution in [0.1, 0.15) is 406 Å². The molecule has 1 amide bonds. The van der Waals surface area contributed by atoms with Crippen LogP contribution in [0.3, 0.4) is 0 Å². The Balaban J connectivity index is 2.09. The van der Waals surface area contributed by atoms with Crippen molar-refractivity contribution in [2.75, 3.05) is 13.2 Å². The van der Waals surface area contributed by atoms with E-state index in [9.17, 15) is 30.3 Å². The third-order valence-electron chi connectivity index (χ3n) is 18.9. The van der Waals surface area contributed by atoms with Gasteiger partial charge in [0.05, 0.1) is 25.4 Å². The van der Waals surface area contributed by atoms with Gasteiger partial charge in [0.1, 0.15) is 24.4 Å². The predicted octanol–water partition coefficient (Wildman–Crippen LogP) is 22.2. The van der Waals surface area contributed by atoms with Gasteiger partial charge in [-0.15, -0.1) is 0 Å². The number of rotatable bonds is 70. The maximum Gasteiger partial charge on any atom is 0.220 e. The topological polar surface area (TPSA) is 149 Å². The standard InChI is InChI=1S/C79H151NO8/c1-3-5-7-9-11-13-15-17-19-21-23-25-27-29-31-33-35-37-39-41-43-45-47-49-51-53-55-57-59-61-63-65-67-69-75(83)80-72(71-87-79-78(86)77(85)76(84)74(70-81)88-79)73(82)68-66-64-62-60-58-56-54-52-50-48-46-44-42-40-38-36-34-32-30-28-26-24-22-20-18-16-14-12-10-8-6-4-2/h21,23,58,60,66,68,72-74,76-79,81-82,84-86H,3-20,22,24-57,59,61-65,67,69-71H2,1-2H3,(H,80,83)/b23-21-,60-58+,68-66+. The number of unbranched alkanes of at least 4 members (excludes halogenated alkanes) is 56. The summed E-state index contributed by atoms with van der Waals surface area (Å²) >= 11 is 0. The average Bonchev–Trinajstić information content (AvgIpc) is 3.65. The van der Waals surface area contributed by atoms with Gasteiger partial charge in [0.15, 0.2) is 6.29 Å². The quantitative estimate of drug-likeness (QED) is 0.0261. The Bertz CT molecular complexity index is 1490. The molecule has 1 heterocycles. The summed E-state index contributed by atoms with van der Waals surface area (Å²) < 4.78 is 11.3. The van der Waals surface area contributed by atoms with E-state index in [-0.39, 0.29) is 12.5 Å². The number of hydrogen-bond acceptors (Lipinski definition) is 8. The van der Waals surface area contributed by atoms with Gasteiger partial charge in [-0.3, -0.25) is 4.79 Å². The zero-order chi connectivity index (χ0) is 63.5. The summed E-state index contributed by atoms with van der Waals surface area (Å²) in [4.78, 5) is 13.2. The lowest BCUT2D eigenvalue weighted by atomic mass is 9.99. The van der Waals surface area contributed by atoms with Crippen LogP contribution < -0.4 is 5.32 Å². The van der Waals surface area contributed by atoms with E-state index in [1.54, 1.807) is 6.08 Å². The van der Waals surface area contributed by atoms with Crippen molar-refractivity contribution in [3.8, 4) is 0 Å². The molecule has 9 heteroatoms. The molecule has 1 aliphatic rings. The molecule has 0 radical (unpaired) electrons. The van der Waals surface area contributed by atoms with E-state index in [4.69, 9.17) is 9.47 Å². The second-order valence-corrected chi connectivity index (χ2v) is 27.5. The smallest absolute Gasteiger partial charge is 0.220 e. The average molecular weight is 1240 g/mol. The molecular formula is C79H151NO8. The van der Waals surface area contributed by atoms with Crippen LogP contribution in [0.15, 0.2) is 36.5 Å². The van der Waals surface area contributed by atoms with Crippen LogP contribution in [0.5, 0.6) is 0 Å². The lowest BCUT2D eigenvalue weighted by molar-refractivity contribution is -0.302. The molecule has 6 N–H and O–H groups in total. The number of ether oxygens (including phenoxy) is 2. The Morgan fingerprint density at radius 3 is 0.955 bits per heavy atom. The molecule has 7 unspecified atom stereocenters. The van der Waals surface area contributed by atoms with Crippen molar-refractivity contribution in [2.45, 2.75) is 448 Å². The molecular weight excluding hydrogens is 1090 g/mol. The molecule has 0 spiro atoms. The number of aliphatic hydroxyl groups is 5. The van der Waals surface area contributed by atoms with Crippen molar-refractivity contribution in [1.29, 1.82) is 0 Å². The van der Waals surface area contributed by atoms with Crippen LogP contribution in [0.25, 0.3) is 0 Å². The molecule has 1 saturated heterocycles. The van der Waals surface area contributed by atoms with Crippen molar-refractivity contribution in [3.05, 3.63) is 36.5 Å². The van der Waals surface area contributed by atoms with E-state index in [0.717, 1.165) is 38.5 Å². The lowest BCUT2D eigenvalue weighted by Gasteiger charge is -2.40. The van der Waals surface area contributed by atoms with Crippen molar-refractivity contribution < 1.29 is 39.8 Å². The minimum Gasteiger partial charge on any atom is -0.394 e. The number of hydrogen-bond donors (Lipinski definition) is 6. The van der Waals surface area contributed by atoms with E-state index in [1.165, 1.54) is 347 Å². The number of allylic oxidation sites excluding steroid dienone is 5. The summed E-state index contributed by atoms with van der Waals surface area (Å²) in [5.41, 5.74) is 0. The first kappa shape index (κ1) is 84.4. The summed E-state index contributed by atoms with van der Waals surface area (Å²) in [6.45, 7) is 3.83. The molecule has 1 fully saturated rings. The summed E-state index contributed by atoms with van der Waals surface area (Å²) in [5.74, 6) is -0.178. The zero-order valence-corrected chi connectivity index (χ0v) is 58.5. The Morgan fingerprint density at radius 1 is 0.375 bits per heavy atom. The van der Waals surface area contributed by atoms with Gasteiger partial charge >= 0.3 is 0 Å². The third kappa shape index (κ3) is 56.0. The van der Waals surface area contributed by atoms with E-state index in [2.05, 4.69) is 43.5 Å². The molecule has 7 atom stereocenters. The van der Waals surface area contributed by atoms with Crippen LogP contribution in [0.2, 0.25) is 0 Å². The molecule has 520 valence electrons. The second-order valence-electron chi connectivity index (χ2n) is 27.5. The maximum atomic E-state index is 13.2. The number of aliphatic hydroxyl groups excluding tert-OH is 5. The van der Waals surface area contributed by atoms with E-state index in [1.807, 2.05) is 6.08 Å².